The van der Waals surface area contributed by atoms with Crippen molar-refractivity contribution < 1.29 is 13.2 Å². The number of rotatable bonds is 7. The van der Waals surface area contributed by atoms with Crippen LogP contribution in [0.15, 0.2) is 23.1 Å². The third-order valence-corrected chi connectivity index (χ3v) is 6.01. The van der Waals surface area contributed by atoms with E-state index >= 15 is 0 Å². The van der Waals surface area contributed by atoms with Crippen molar-refractivity contribution in [2.24, 2.45) is 5.14 Å². The number of carbonyl (C=O) groups excluding carboxylic acids is 1. The summed E-state index contributed by atoms with van der Waals surface area (Å²) in [6, 6.07) is 4.48. The molecule has 7 nitrogen and oxygen atoms in total. The molecule has 0 aliphatic rings. The standard InChI is InChI=1S/C15H24N4O3S3/c1-5-19(6-2)13-8-7-11(25(16,21)22)9-12(13)17-14(20)10-24-15(23)18(3)4/h7-9H,5-6,10H2,1-4H3,(H,17,20)(H2,16,21,22). The zero-order valence-corrected chi connectivity index (χ0v) is 17.2. The molecule has 0 radical (unpaired) electrons. The third-order valence-electron chi connectivity index (χ3n) is 3.37. The minimum atomic E-state index is -3.86. The molecule has 1 amide bonds. The Kier molecular flexibility index (Phi) is 8.13. The van der Waals surface area contributed by atoms with E-state index in [1.54, 1.807) is 25.1 Å². The van der Waals surface area contributed by atoms with Gasteiger partial charge in [0.25, 0.3) is 0 Å². The van der Waals surface area contributed by atoms with Crippen molar-refractivity contribution in [2.45, 2.75) is 18.7 Å². The fourth-order valence-electron chi connectivity index (χ4n) is 2.07. The highest BCUT2D eigenvalue weighted by Gasteiger charge is 2.16. The number of benzene rings is 1. The van der Waals surface area contributed by atoms with Crippen LogP contribution in [0.5, 0.6) is 0 Å². The van der Waals surface area contributed by atoms with Crippen LogP contribution in [0, 0.1) is 0 Å². The maximum atomic E-state index is 12.2. The summed E-state index contributed by atoms with van der Waals surface area (Å²) in [6.07, 6.45) is 0. The number of sulfonamides is 1. The van der Waals surface area contributed by atoms with E-state index in [1.165, 1.54) is 23.9 Å². The summed E-state index contributed by atoms with van der Waals surface area (Å²) in [5.74, 6) is -0.136. The van der Waals surface area contributed by atoms with E-state index in [0.29, 0.717) is 23.1 Å². The van der Waals surface area contributed by atoms with Gasteiger partial charge >= 0.3 is 0 Å². The average molecular weight is 405 g/mol. The van der Waals surface area contributed by atoms with Crippen molar-refractivity contribution in [3.63, 3.8) is 0 Å². The van der Waals surface area contributed by atoms with Crippen LogP contribution in [0.3, 0.4) is 0 Å². The molecule has 10 heteroatoms. The Labute approximate surface area is 159 Å². The number of nitrogens with two attached hydrogens (primary N) is 1. The lowest BCUT2D eigenvalue weighted by Crippen LogP contribution is -2.26. The van der Waals surface area contributed by atoms with Gasteiger partial charge in [-0.05, 0) is 32.0 Å². The molecule has 0 fully saturated rings. The third kappa shape index (κ3) is 6.46. The number of primary sulfonamides is 1. The second-order valence-corrected chi connectivity index (χ2v) is 8.56. The van der Waals surface area contributed by atoms with Gasteiger partial charge in [0.15, 0.2) is 0 Å². The number of nitrogens with zero attached hydrogens (tertiary/aromatic N) is 2. The molecule has 0 aliphatic heterocycles. The highest BCUT2D eigenvalue weighted by molar-refractivity contribution is 8.23. The first kappa shape index (κ1) is 21.7. The number of thiocarbonyl (C=S) groups is 1. The molecular formula is C15H24N4O3S3. The second kappa shape index (κ2) is 9.37. The first-order chi connectivity index (χ1) is 11.6. The summed E-state index contributed by atoms with van der Waals surface area (Å²) in [5, 5.41) is 7.97. The fraction of sp³-hybridized carbons (Fsp3) is 0.467. The van der Waals surface area contributed by atoms with Crippen molar-refractivity contribution in [2.75, 3.05) is 43.2 Å². The van der Waals surface area contributed by atoms with Crippen molar-refractivity contribution in [3.05, 3.63) is 18.2 Å². The maximum absolute atomic E-state index is 12.2. The Hall–Kier alpha value is -1.36. The van der Waals surface area contributed by atoms with Crippen molar-refractivity contribution in [3.8, 4) is 0 Å². The molecule has 3 N–H and O–H groups in total. The summed E-state index contributed by atoms with van der Waals surface area (Å²) < 4.78 is 23.8. The molecule has 140 valence electrons. The highest BCUT2D eigenvalue weighted by atomic mass is 32.2. The number of hydrogen-bond acceptors (Lipinski definition) is 6. The van der Waals surface area contributed by atoms with Crippen LogP contribution in [-0.2, 0) is 14.8 Å². The van der Waals surface area contributed by atoms with Gasteiger partial charge in [0.05, 0.1) is 22.0 Å². The molecule has 0 bridgehead atoms. The Bertz CT molecular complexity index is 732. The number of anilines is 2. The summed E-state index contributed by atoms with van der Waals surface area (Å²) in [4.78, 5) is 16.0. The largest absolute Gasteiger partial charge is 0.370 e. The van der Waals surface area contributed by atoms with Crippen LogP contribution in [-0.4, -0.2) is 56.5 Å². The molecule has 0 unspecified atom stereocenters. The molecule has 1 rings (SSSR count). The molecule has 0 spiro atoms. The van der Waals surface area contributed by atoms with Gasteiger partial charge in [0, 0.05) is 27.2 Å². The van der Waals surface area contributed by atoms with E-state index in [9.17, 15) is 13.2 Å². The number of nitrogens with one attached hydrogen (secondary N) is 1. The van der Waals surface area contributed by atoms with Gasteiger partial charge in [-0.15, -0.1) is 0 Å². The van der Waals surface area contributed by atoms with Gasteiger partial charge in [-0.25, -0.2) is 13.6 Å². The lowest BCUT2D eigenvalue weighted by Gasteiger charge is -2.24. The van der Waals surface area contributed by atoms with Crippen LogP contribution in [0.4, 0.5) is 11.4 Å². The molecule has 0 atom stereocenters. The van der Waals surface area contributed by atoms with Crippen LogP contribution in [0.1, 0.15) is 13.8 Å². The van der Waals surface area contributed by atoms with E-state index in [0.717, 1.165) is 5.69 Å². The molecule has 1 aromatic carbocycles. The molecule has 0 saturated carbocycles. The Morgan fingerprint density at radius 3 is 2.36 bits per heavy atom. The van der Waals surface area contributed by atoms with Gasteiger partial charge in [0.2, 0.25) is 15.9 Å². The average Bonchev–Trinajstić information content (AvgIpc) is 2.53. The Morgan fingerprint density at radius 1 is 1.28 bits per heavy atom. The van der Waals surface area contributed by atoms with E-state index < -0.39 is 10.0 Å². The van der Waals surface area contributed by atoms with Crippen molar-refractivity contribution >= 4 is 55.6 Å². The lowest BCUT2D eigenvalue weighted by molar-refractivity contribution is -0.113. The maximum Gasteiger partial charge on any atom is 0.238 e. The molecule has 25 heavy (non-hydrogen) atoms. The van der Waals surface area contributed by atoms with Crippen LogP contribution in [0.2, 0.25) is 0 Å². The summed E-state index contributed by atoms with van der Waals surface area (Å²) >= 11 is 6.38. The molecule has 1 aromatic rings. The van der Waals surface area contributed by atoms with Crippen LogP contribution in [0.25, 0.3) is 0 Å². The second-order valence-electron chi connectivity index (χ2n) is 5.39. The quantitative estimate of drug-likeness (QED) is 0.668. The minimum absolute atomic E-state index is 0.0461. The zero-order chi connectivity index (χ0) is 19.2. The predicted molar refractivity (Wildman–Crippen MR) is 109 cm³/mol. The van der Waals surface area contributed by atoms with Gasteiger partial charge in [-0.1, -0.05) is 24.0 Å². The molecular weight excluding hydrogens is 380 g/mol. The first-order valence-corrected chi connectivity index (χ1v) is 10.6. The fourth-order valence-corrected chi connectivity index (χ4v) is 3.38. The summed E-state index contributed by atoms with van der Waals surface area (Å²) in [6.45, 7) is 5.39. The van der Waals surface area contributed by atoms with Gasteiger partial charge in [-0.3, -0.25) is 4.79 Å². The molecule has 0 saturated heterocycles. The smallest absolute Gasteiger partial charge is 0.238 e. The van der Waals surface area contributed by atoms with Crippen LogP contribution < -0.4 is 15.4 Å². The van der Waals surface area contributed by atoms with Gasteiger partial charge in [-0.2, -0.15) is 0 Å². The van der Waals surface area contributed by atoms with E-state index in [1.807, 2.05) is 18.7 Å². The topological polar surface area (TPSA) is 95.7 Å². The molecule has 0 aliphatic carbocycles. The first-order valence-electron chi connectivity index (χ1n) is 7.65. The number of carbonyl (C=O) groups is 1. The van der Waals surface area contributed by atoms with Crippen LogP contribution >= 0.6 is 24.0 Å². The van der Waals surface area contributed by atoms with E-state index in [2.05, 4.69) is 5.32 Å². The minimum Gasteiger partial charge on any atom is -0.370 e. The number of hydrogen-bond donors (Lipinski definition) is 2. The van der Waals surface area contributed by atoms with E-state index in [4.69, 9.17) is 17.4 Å². The number of thioether (sulfide) groups is 1. The van der Waals surface area contributed by atoms with Gasteiger partial charge < -0.3 is 15.1 Å². The number of amides is 1. The Balaban J connectivity index is 3.08. The predicted octanol–water partition coefficient (Wildman–Crippen LogP) is 1.70. The lowest BCUT2D eigenvalue weighted by atomic mass is 10.2. The zero-order valence-electron chi connectivity index (χ0n) is 14.8. The van der Waals surface area contributed by atoms with Crippen molar-refractivity contribution in [1.82, 2.24) is 4.90 Å². The Morgan fingerprint density at radius 2 is 1.88 bits per heavy atom. The monoisotopic (exact) mass is 404 g/mol. The highest BCUT2D eigenvalue weighted by Crippen LogP contribution is 2.29. The summed E-state index contributed by atoms with van der Waals surface area (Å²) in [7, 11) is -0.243. The summed E-state index contributed by atoms with van der Waals surface area (Å²) in [5.41, 5.74) is 1.16. The van der Waals surface area contributed by atoms with Crippen molar-refractivity contribution in [1.29, 1.82) is 0 Å². The van der Waals surface area contributed by atoms with E-state index in [-0.39, 0.29) is 16.6 Å². The molecule has 0 aromatic heterocycles. The van der Waals surface area contributed by atoms with Gasteiger partial charge in [0.1, 0.15) is 4.32 Å². The normalized spacial score (nSPS) is 11.1. The SMILES string of the molecule is CCN(CC)c1ccc(S(N)(=O)=O)cc1NC(=O)CSC(=S)N(C)C. The molecule has 0 heterocycles.